The third kappa shape index (κ3) is 0.985. The number of hydrogen-bond acceptors (Lipinski definition) is 1. The number of benzene rings is 1. The van der Waals surface area contributed by atoms with E-state index in [1.54, 1.807) is 0 Å². The maximum atomic E-state index is 11.8. The molecule has 3 atom stereocenters. The molecule has 1 heteroatoms. The summed E-state index contributed by atoms with van der Waals surface area (Å²) in [5, 5.41) is 0. The van der Waals surface area contributed by atoms with Crippen LogP contribution in [0.4, 0.5) is 0 Å². The van der Waals surface area contributed by atoms with Gasteiger partial charge in [0.2, 0.25) is 0 Å². The first-order valence-electron chi connectivity index (χ1n) is 5.46. The third-order valence-electron chi connectivity index (χ3n) is 3.83. The quantitative estimate of drug-likeness (QED) is 0.659. The molecule has 0 heterocycles. The molecule has 2 fully saturated rings. The van der Waals surface area contributed by atoms with Gasteiger partial charge in [-0.05, 0) is 24.3 Å². The van der Waals surface area contributed by atoms with Crippen molar-refractivity contribution in [2.45, 2.75) is 25.2 Å². The Morgan fingerprint density at radius 3 is 2.64 bits per heavy atom. The number of hydrogen-bond donors (Lipinski definition) is 0. The minimum Gasteiger partial charge on any atom is -0.299 e. The second-order valence-corrected chi connectivity index (χ2v) is 4.49. The molecule has 2 saturated carbocycles. The van der Waals surface area contributed by atoms with Crippen LogP contribution in [-0.2, 0) is 4.79 Å². The van der Waals surface area contributed by atoms with Crippen LogP contribution in [0.3, 0.4) is 0 Å². The molecule has 14 heavy (non-hydrogen) atoms. The molecule has 3 rings (SSSR count). The van der Waals surface area contributed by atoms with E-state index < -0.39 is 0 Å². The first-order valence-corrected chi connectivity index (χ1v) is 5.46. The second-order valence-electron chi connectivity index (χ2n) is 4.49. The van der Waals surface area contributed by atoms with Gasteiger partial charge in [0.15, 0.2) is 0 Å². The van der Waals surface area contributed by atoms with Crippen LogP contribution in [0.25, 0.3) is 0 Å². The minimum absolute atomic E-state index is 0.240. The van der Waals surface area contributed by atoms with Gasteiger partial charge in [-0.25, -0.2) is 0 Å². The molecular weight excluding hydrogens is 172 g/mol. The third-order valence-corrected chi connectivity index (χ3v) is 3.83. The highest BCUT2D eigenvalue weighted by molar-refractivity contribution is 5.95. The minimum atomic E-state index is 0.240. The molecule has 0 bridgehead atoms. The Hall–Kier alpha value is -1.11. The Morgan fingerprint density at radius 1 is 1.07 bits per heavy atom. The molecule has 1 nitrogen and oxygen atoms in total. The van der Waals surface area contributed by atoms with Gasteiger partial charge in [0.1, 0.15) is 5.78 Å². The SMILES string of the molecule is O=C1C2CCCC2C1c1ccccc1. The molecule has 0 aromatic heterocycles. The summed E-state index contributed by atoms with van der Waals surface area (Å²) in [6.45, 7) is 0. The fourth-order valence-electron chi connectivity index (χ4n) is 3.14. The summed E-state index contributed by atoms with van der Waals surface area (Å²) < 4.78 is 0. The van der Waals surface area contributed by atoms with Gasteiger partial charge < -0.3 is 0 Å². The van der Waals surface area contributed by atoms with E-state index in [1.807, 2.05) is 18.2 Å². The second kappa shape index (κ2) is 2.94. The lowest BCUT2D eigenvalue weighted by Gasteiger charge is -2.38. The predicted molar refractivity (Wildman–Crippen MR) is 55.0 cm³/mol. The van der Waals surface area contributed by atoms with Crippen LogP contribution >= 0.6 is 0 Å². The molecule has 0 spiro atoms. The molecule has 0 radical (unpaired) electrons. The Kier molecular flexibility index (Phi) is 1.73. The van der Waals surface area contributed by atoms with E-state index in [9.17, 15) is 4.79 Å². The number of Topliss-reactive ketones (excluding diaryl/α,β-unsaturated/α-hetero) is 1. The van der Waals surface area contributed by atoms with Gasteiger partial charge in [0, 0.05) is 11.8 Å². The molecule has 0 N–H and O–H groups in total. The van der Waals surface area contributed by atoms with E-state index in [1.165, 1.54) is 18.4 Å². The maximum absolute atomic E-state index is 11.8. The Bertz CT molecular complexity index is 355. The number of rotatable bonds is 1. The average Bonchev–Trinajstić information content (AvgIpc) is 2.63. The van der Waals surface area contributed by atoms with Gasteiger partial charge >= 0.3 is 0 Å². The van der Waals surface area contributed by atoms with Gasteiger partial charge in [0.25, 0.3) is 0 Å². The fraction of sp³-hybridized carbons (Fsp3) is 0.462. The van der Waals surface area contributed by atoms with E-state index in [4.69, 9.17) is 0 Å². The van der Waals surface area contributed by atoms with Gasteiger partial charge in [0.05, 0.1) is 0 Å². The lowest BCUT2D eigenvalue weighted by Crippen LogP contribution is -2.42. The lowest BCUT2D eigenvalue weighted by atomic mass is 9.63. The Morgan fingerprint density at radius 2 is 1.86 bits per heavy atom. The largest absolute Gasteiger partial charge is 0.299 e. The molecule has 0 saturated heterocycles. The Labute approximate surface area is 84.1 Å². The summed E-state index contributed by atoms with van der Waals surface area (Å²) in [6, 6.07) is 10.3. The van der Waals surface area contributed by atoms with Crippen molar-refractivity contribution in [1.82, 2.24) is 0 Å². The van der Waals surface area contributed by atoms with Crippen LogP contribution in [-0.4, -0.2) is 5.78 Å². The summed E-state index contributed by atoms with van der Waals surface area (Å²) in [4.78, 5) is 11.8. The molecule has 1 aromatic carbocycles. The van der Waals surface area contributed by atoms with E-state index in [0.29, 0.717) is 17.6 Å². The van der Waals surface area contributed by atoms with Gasteiger partial charge in [-0.3, -0.25) is 4.79 Å². The summed E-state index contributed by atoms with van der Waals surface area (Å²) in [6.07, 6.45) is 3.66. The first-order chi connectivity index (χ1) is 6.88. The van der Waals surface area contributed by atoms with Crippen LogP contribution in [0.1, 0.15) is 30.7 Å². The predicted octanol–water partition coefficient (Wildman–Crippen LogP) is 2.77. The van der Waals surface area contributed by atoms with Crippen molar-refractivity contribution in [3.63, 3.8) is 0 Å². The zero-order valence-corrected chi connectivity index (χ0v) is 8.15. The molecule has 3 unspecified atom stereocenters. The standard InChI is InChI=1S/C13H14O/c14-13-11-8-4-7-10(11)12(13)9-5-2-1-3-6-9/h1-3,5-6,10-12H,4,7-8H2. The normalized spacial score (nSPS) is 35.1. The summed E-state index contributed by atoms with van der Waals surface area (Å²) in [5.41, 5.74) is 1.24. The van der Waals surface area contributed by atoms with Crippen molar-refractivity contribution in [1.29, 1.82) is 0 Å². The Balaban J connectivity index is 1.90. The van der Waals surface area contributed by atoms with E-state index in [2.05, 4.69) is 12.1 Å². The van der Waals surface area contributed by atoms with Gasteiger partial charge in [-0.15, -0.1) is 0 Å². The number of carbonyl (C=O) groups excluding carboxylic acids is 1. The van der Waals surface area contributed by atoms with Gasteiger partial charge in [-0.1, -0.05) is 36.8 Å². The highest BCUT2D eigenvalue weighted by Gasteiger charge is 2.51. The van der Waals surface area contributed by atoms with Crippen LogP contribution in [0.2, 0.25) is 0 Å². The van der Waals surface area contributed by atoms with Crippen molar-refractivity contribution in [2.24, 2.45) is 11.8 Å². The average molecular weight is 186 g/mol. The topological polar surface area (TPSA) is 17.1 Å². The van der Waals surface area contributed by atoms with Crippen LogP contribution < -0.4 is 0 Å². The monoisotopic (exact) mass is 186 g/mol. The van der Waals surface area contributed by atoms with E-state index in [-0.39, 0.29) is 5.92 Å². The highest BCUT2D eigenvalue weighted by Crippen LogP contribution is 2.52. The van der Waals surface area contributed by atoms with Crippen molar-refractivity contribution < 1.29 is 4.79 Å². The molecular formula is C13H14O. The molecule has 2 aliphatic rings. The zero-order valence-electron chi connectivity index (χ0n) is 8.15. The first kappa shape index (κ1) is 8.22. The van der Waals surface area contributed by atoms with E-state index in [0.717, 1.165) is 6.42 Å². The molecule has 0 aliphatic heterocycles. The summed E-state index contributed by atoms with van der Waals surface area (Å²) in [7, 11) is 0. The number of fused-ring (bicyclic) bond motifs is 1. The molecule has 0 amide bonds. The van der Waals surface area contributed by atoms with Crippen LogP contribution in [0.15, 0.2) is 30.3 Å². The number of carbonyl (C=O) groups is 1. The zero-order chi connectivity index (χ0) is 9.54. The fourth-order valence-corrected chi connectivity index (χ4v) is 3.14. The highest BCUT2D eigenvalue weighted by atomic mass is 16.1. The number of ketones is 1. The van der Waals surface area contributed by atoms with Crippen LogP contribution in [0.5, 0.6) is 0 Å². The van der Waals surface area contributed by atoms with Crippen molar-refractivity contribution in [2.75, 3.05) is 0 Å². The lowest BCUT2D eigenvalue weighted by molar-refractivity contribution is -0.135. The summed E-state index contributed by atoms with van der Waals surface area (Å²) in [5.74, 6) is 1.83. The maximum Gasteiger partial charge on any atom is 0.144 e. The van der Waals surface area contributed by atoms with Crippen molar-refractivity contribution >= 4 is 5.78 Å². The molecule has 2 aliphatic carbocycles. The molecule has 72 valence electrons. The van der Waals surface area contributed by atoms with Crippen molar-refractivity contribution in [3.8, 4) is 0 Å². The summed E-state index contributed by atoms with van der Waals surface area (Å²) >= 11 is 0. The van der Waals surface area contributed by atoms with Crippen molar-refractivity contribution in [3.05, 3.63) is 35.9 Å². The van der Waals surface area contributed by atoms with Gasteiger partial charge in [-0.2, -0.15) is 0 Å². The van der Waals surface area contributed by atoms with E-state index >= 15 is 0 Å². The van der Waals surface area contributed by atoms with Crippen LogP contribution in [0, 0.1) is 11.8 Å². The molecule has 1 aromatic rings. The smallest absolute Gasteiger partial charge is 0.144 e.